The van der Waals surface area contributed by atoms with E-state index >= 15 is 0 Å². The fourth-order valence-electron chi connectivity index (χ4n) is 3.11. The summed E-state index contributed by atoms with van der Waals surface area (Å²) in [4.78, 5) is 12.2. The molecule has 1 amide bonds. The first-order valence-electron chi connectivity index (χ1n) is 7.40. The summed E-state index contributed by atoms with van der Waals surface area (Å²) in [6.07, 6.45) is 5.45. The van der Waals surface area contributed by atoms with Gasteiger partial charge in [-0.25, -0.2) is 0 Å². The van der Waals surface area contributed by atoms with Crippen molar-refractivity contribution in [2.45, 2.75) is 51.7 Å². The number of aliphatic hydroxyl groups is 1. The molecular formula is C15H25N3O2. The van der Waals surface area contributed by atoms with Crippen molar-refractivity contribution >= 4 is 11.6 Å². The average molecular weight is 279 g/mol. The zero-order chi connectivity index (χ0) is 14.8. The van der Waals surface area contributed by atoms with Crippen molar-refractivity contribution in [1.82, 2.24) is 9.88 Å². The average Bonchev–Trinajstić information content (AvgIpc) is 2.77. The predicted octanol–water partition coefficient (Wildman–Crippen LogP) is 1.76. The molecule has 0 saturated heterocycles. The van der Waals surface area contributed by atoms with Gasteiger partial charge in [-0.3, -0.25) is 4.79 Å². The van der Waals surface area contributed by atoms with E-state index in [0.717, 1.165) is 25.7 Å². The molecule has 2 atom stereocenters. The van der Waals surface area contributed by atoms with Crippen LogP contribution in [-0.4, -0.2) is 27.7 Å². The molecule has 1 aliphatic carbocycles. The number of aromatic nitrogens is 1. The zero-order valence-corrected chi connectivity index (χ0v) is 12.4. The van der Waals surface area contributed by atoms with E-state index in [9.17, 15) is 9.90 Å². The van der Waals surface area contributed by atoms with Crippen LogP contribution in [0.15, 0.2) is 12.3 Å². The maximum atomic E-state index is 12.2. The summed E-state index contributed by atoms with van der Waals surface area (Å²) < 4.78 is 1.82. The molecule has 0 spiro atoms. The van der Waals surface area contributed by atoms with Gasteiger partial charge in [0.15, 0.2) is 0 Å². The van der Waals surface area contributed by atoms with E-state index in [4.69, 9.17) is 5.73 Å². The lowest BCUT2D eigenvalue weighted by Crippen LogP contribution is -2.46. The number of anilines is 1. The summed E-state index contributed by atoms with van der Waals surface area (Å²) in [7, 11) is 0. The second-order valence-electron chi connectivity index (χ2n) is 6.05. The number of hydrogen-bond donors (Lipinski definition) is 3. The van der Waals surface area contributed by atoms with Gasteiger partial charge >= 0.3 is 0 Å². The Bertz CT molecular complexity index is 483. The van der Waals surface area contributed by atoms with Crippen LogP contribution in [0.1, 0.15) is 50.0 Å². The van der Waals surface area contributed by atoms with Gasteiger partial charge in [-0.15, -0.1) is 0 Å². The van der Waals surface area contributed by atoms with E-state index in [1.165, 1.54) is 0 Å². The second-order valence-corrected chi connectivity index (χ2v) is 6.05. The lowest BCUT2D eigenvalue weighted by molar-refractivity contribution is -0.0110. The minimum atomic E-state index is -0.761. The van der Waals surface area contributed by atoms with Crippen molar-refractivity contribution in [2.24, 2.45) is 5.92 Å². The minimum absolute atomic E-state index is 0.171. The lowest BCUT2D eigenvalue weighted by atomic mass is 9.79. The molecule has 1 aromatic rings. The SMILES string of the molecule is CCn1cc(N)cc1C(=O)NCC1(O)CCCC(C)C1. The summed E-state index contributed by atoms with van der Waals surface area (Å²) in [5.74, 6) is 0.344. The Kier molecular flexibility index (Phi) is 4.38. The number of amides is 1. The Labute approximate surface area is 120 Å². The summed E-state index contributed by atoms with van der Waals surface area (Å²) in [5, 5.41) is 13.4. The van der Waals surface area contributed by atoms with Crippen LogP contribution in [-0.2, 0) is 6.54 Å². The number of carbonyl (C=O) groups excluding carboxylic acids is 1. The first-order chi connectivity index (χ1) is 9.43. The molecule has 1 saturated carbocycles. The zero-order valence-electron chi connectivity index (χ0n) is 12.4. The van der Waals surface area contributed by atoms with E-state index in [1.807, 2.05) is 11.5 Å². The fraction of sp³-hybridized carbons (Fsp3) is 0.667. The van der Waals surface area contributed by atoms with Gasteiger partial charge in [0.1, 0.15) is 5.69 Å². The molecule has 5 heteroatoms. The van der Waals surface area contributed by atoms with Gasteiger partial charge in [0.05, 0.1) is 11.3 Å². The maximum Gasteiger partial charge on any atom is 0.268 e. The quantitative estimate of drug-likeness (QED) is 0.785. The fourth-order valence-corrected chi connectivity index (χ4v) is 3.11. The van der Waals surface area contributed by atoms with E-state index in [1.54, 1.807) is 12.3 Å². The van der Waals surface area contributed by atoms with Crippen LogP contribution < -0.4 is 11.1 Å². The van der Waals surface area contributed by atoms with Gasteiger partial charge < -0.3 is 20.7 Å². The molecule has 112 valence electrons. The molecule has 1 aliphatic rings. The number of carbonyl (C=O) groups is 1. The largest absolute Gasteiger partial charge is 0.397 e. The number of hydrogen-bond acceptors (Lipinski definition) is 3. The third-order valence-corrected chi connectivity index (χ3v) is 4.14. The normalized spacial score (nSPS) is 26.4. The van der Waals surface area contributed by atoms with Crippen LogP contribution in [0.5, 0.6) is 0 Å². The molecule has 5 nitrogen and oxygen atoms in total. The maximum absolute atomic E-state index is 12.2. The van der Waals surface area contributed by atoms with Crippen LogP contribution in [0.4, 0.5) is 5.69 Å². The van der Waals surface area contributed by atoms with Crippen LogP contribution in [0.2, 0.25) is 0 Å². The molecule has 1 fully saturated rings. The number of nitrogens with one attached hydrogen (secondary N) is 1. The molecule has 4 N–H and O–H groups in total. The summed E-state index contributed by atoms with van der Waals surface area (Å²) in [6.45, 7) is 5.12. The molecule has 2 unspecified atom stereocenters. The van der Waals surface area contributed by atoms with Crippen molar-refractivity contribution in [3.8, 4) is 0 Å². The Morgan fingerprint density at radius 2 is 2.40 bits per heavy atom. The predicted molar refractivity (Wildman–Crippen MR) is 79.4 cm³/mol. The van der Waals surface area contributed by atoms with Crippen molar-refractivity contribution < 1.29 is 9.90 Å². The van der Waals surface area contributed by atoms with Crippen molar-refractivity contribution in [3.63, 3.8) is 0 Å². The number of nitrogens with two attached hydrogens (primary N) is 1. The van der Waals surface area contributed by atoms with Crippen molar-refractivity contribution in [2.75, 3.05) is 12.3 Å². The van der Waals surface area contributed by atoms with Crippen LogP contribution in [0, 0.1) is 5.92 Å². The van der Waals surface area contributed by atoms with Gasteiger partial charge in [-0.2, -0.15) is 0 Å². The Hall–Kier alpha value is -1.49. The monoisotopic (exact) mass is 279 g/mol. The van der Waals surface area contributed by atoms with Gasteiger partial charge in [0.25, 0.3) is 5.91 Å². The molecular weight excluding hydrogens is 254 g/mol. The van der Waals surface area contributed by atoms with E-state index in [2.05, 4.69) is 12.2 Å². The molecule has 1 heterocycles. The topological polar surface area (TPSA) is 80.3 Å². The number of rotatable bonds is 4. The third kappa shape index (κ3) is 3.33. The molecule has 1 aromatic heterocycles. The van der Waals surface area contributed by atoms with Gasteiger partial charge in [0, 0.05) is 19.3 Å². The molecule has 0 aromatic carbocycles. The summed E-state index contributed by atoms with van der Waals surface area (Å²) >= 11 is 0. The van der Waals surface area contributed by atoms with E-state index < -0.39 is 5.60 Å². The highest BCUT2D eigenvalue weighted by molar-refractivity contribution is 5.93. The number of aryl methyl sites for hydroxylation is 1. The second kappa shape index (κ2) is 5.87. The molecule has 0 radical (unpaired) electrons. The van der Waals surface area contributed by atoms with Crippen molar-refractivity contribution in [3.05, 3.63) is 18.0 Å². The lowest BCUT2D eigenvalue weighted by Gasteiger charge is -2.35. The number of nitrogens with zero attached hydrogens (tertiary/aromatic N) is 1. The highest BCUT2D eigenvalue weighted by Gasteiger charge is 2.33. The Morgan fingerprint density at radius 1 is 1.65 bits per heavy atom. The van der Waals surface area contributed by atoms with Crippen molar-refractivity contribution in [1.29, 1.82) is 0 Å². The first-order valence-corrected chi connectivity index (χ1v) is 7.40. The summed E-state index contributed by atoms with van der Waals surface area (Å²) in [5.41, 5.74) is 6.10. The Morgan fingerprint density at radius 3 is 3.05 bits per heavy atom. The standard InChI is InChI=1S/C15H25N3O2/c1-3-18-9-12(16)7-13(18)14(19)17-10-15(20)6-4-5-11(2)8-15/h7,9,11,20H,3-6,8,10,16H2,1-2H3,(H,17,19). The Balaban J connectivity index is 1.97. The van der Waals surface area contributed by atoms with E-state index in [0.29, 0.717) is 30.4 Å². The van der Waals surface area contributed by atoms with Crippen LogP contribution >= 0.6 is 0 Å². The first kappa shape index (κ1) is 14.9. The number of nitrogen functional groups attached to an aromatic ring is 1. The smallest absolute Gasteiger partial charge is 0.268 e. The molecule has 20 heavy (non-hydrogen) atoms. The molecule has 0 bridgehead atoms. The van der Waals surface area contributed by atoms with Crippen LogP contribution in [0.25, 0.3) is 0 Å². The highest BCUT2D eigenvalue weighted by atomic mass is 16.3. The van der Waals surface area contributed by atoms with Gasteiger partial charge in [-0.1, -0.05) is 19.8 Å². The van der Waals surface area contributed by atoms with Gasteiger partial charge in [-0.05, 0) is 31.7 Å². The molecule has 2 rings (SSSR count). The van der Waals surface area contributed by atoms with Gasteiger partial charge in [0.2, 0.25) is 0 Å². The molecule has 0 aliphatic heterocycles. The summed E-state index contributed by atoms with van der Waals surface area (Å²) in [6, 6.07) is 1.67. The third-order valence-electron chi connectivity index (χ3n) is 4.14. The highest BCUT2D eigenvalue weighted by Crippen LogP contribution is 2.31. The van der Waals surface area contributed by atoms with Crippen LogP contribution in [0.3, 0.4) is 0 Å². The van der Waals surface area contributed by atoms with E-state index in [-0.39, 0.29) is 5.91 Å². The minimum Gasteiger partial charge on any atom is -0.397 e.